The number of morpholine rings is 1. The summed E-state index contributed by atoms with van der Waals surface area (Å²) in [6.07, 6.45) is 0. The summed E-state index contributed by atoms with van der Waals surface area (Å²) in [5, 5.41) is 3.34. The first-order valence-corrected chi connectivity index (χ1v) is 12.0. The number of hydrogen-bond acceptors (Lipinski definition) is 6. The molecule has 0 amide bonds. The molecule has 0 bridgehead atoms. The van der Waals surface area contributed by atoms with Crippen molar-refractivity contribution in [2.45, 2.75) is 38.5 Å². The third-order valence-corrected chi connectivity index (χ3v) is 8.20. The van der Waals surface area contributed by atoms with E-state index in [2.05, 4.69) is 15.1 Å². The van der Waals surface area contributed by atoms with Crippen LogP contribution in [0.1, 0.15) is 38.3 Å². The Bertz CT molecular complexity index is 819. The van der Waals surface area contributed by atoms with Crippen LogP contribution >= 0.6 is 24.0 Å². The van der Waals surface area contributed by atoms with E-state index in [1.165, 1.54) is 0 Å². The molecule has 1 unspecified atom stereocenters. The maximum absolute atomic E-state index is 12.4. The van der Waals surface area contributed by atoms with E-state index in [1.54, 1.807) is 13.8 Å². The summed E-state index contributed by atoms with van der Waals surface area (Å²) in [7, 11) is -3.09. The lowest BCUT2D eigenvalue weighted by Gasteiger charge is -2.39. The molecule has 0 radical (unpaired) electrons. The van der Waals surface area contributed by atoms with E-state index in [0.717, 1.165) is 37.1 Å². The van der Waals surface area contributed by atoms with E-state index < -0.39 is 14.6 Å². The van der Waals surface area contributed by atoms with Crippen LogP contribution in [0, 0.1) is 6.92 Å². The number of nitrogens with zero attached hydrogens (tertiary/aromatic N) is 3. The summed E-state index contributed by atoms with van der Waals surface area (Å²) < 4.78 is 35.4. The Morgan fingerprint density at radius 3 is 2.53 bits per heavy atom. The molecule has 10 heteroatoms. The van der Waals surface area contributed by atoms with Crippen LogP contribution in [-0.4, -0.2) is 87.2 Å². The van der Waals surface area contributed by atoms with E-state index >= 15 is 0 Å². The molecule has 0 aromatic carbocycles. The maximum Gasteiger partial charge on any atom is 0.194 e. The molecule has 1 atom stereocenters. The second-order valence-corrected chi connectivity index (χ2v) is 11.1. The average Bonchev–Trinajstić information content (AvgIpc) is 3.10. The Morgan fingerprint density at radius 1 is 1.27 bits per heavy atom. The molecule has 2 saturated heterocycles. The van der Waals surface area contributed by atoms with Gasteiger partial charge in [0.1, 0.15) is 11.5 Å². The molecule has 8 nitrogen and oxygen atoms in total. The first-order chi connectivity index (χ1) is 13.7. The maximum atomic E-state index is 12.4. The minimum absolute atomic E-state index is 0. The number of aryl methyl sites for hydroxylation is 1. The lowest BCUT2D eigenvalue weighted by molar-refractivity contribution is 0.0135. The zero-order valence-corrected chi connectivity index (χ0v) is 21.5. The Morgan fingerprint density at radius 2 is 1.97 bits per heavy atom. The number of guanidine groups is 1. The number of rotatable bonds is 5. The predicted octanol–water partition coefficient (Wildman–Crippen LogP) is 2.05. The van der Waals surface area contributed by atoms with Gasteiger partial charge in [-0.05, 0) is 39.8 Å². The molecule has 1 aromatic heterocycles. The summed E-state index contributed by atoms with van der Waals surface area (Å²) in [5.41, 5.74) is 0. The van der Waals surface area contributed by atoms with Gasteiger partial charge in [-0.1, -0.05) is 0 Å². The van der Waals surface area contributed by atoms with Crippen LogP contribution in [0.5, 0.6) is 0 Å². The van der Waals surface area contributed by atoms with Gasteiger partial charge in [0, 0.05) is 32.7 Å². The second-order valence-electron chi connectivity index (χ2n) is 8.31. The minimum Gasteiger partial charge on any atom is -0.465 e. The molecule has 2 aliphatic rings. The van der Waals surface area contributed by atoms with Gasteiger partial charge in [0.25, 0.3) is 0 Å². The molecular weight excluding hydrogens is 519 g/mol. The Labute approximate surface area is 197 Å². The largest absolute Gasteiger partial charge is 0.465 e. The van der Waals surface area contributed by atoms with Gasteiger partial charge in [-0.3, -0.25) is 9.89 Å². The van der Waals surface area contributed by atoms with Gasteiger partial charge in [0.05, 0.1) is 36.3 Å². The van der Waals surface area contributed by atoms with Gasteiger partial charge in [-0.2, -0.15) is 0 Å². The molecule has 3 heterocycles. The van der Waals surface area contributed by atoms with Crippen molar-refractivity contribution >= 4 is 39.8 Å². The Kier molecular flexibility index (Phi) is 9.02. The molecule has 3 rings (SSSR count). The molecule has 1 aromatic rings. The van der Waals surface area contributed by atoms with Crippen LogP contribution in [0.3, 0.4) is 0 Å². The summed E-state index contributed by atoms with van der Waals surface area (Å²) in [6.45, 7) is 12.8. The van der Waals surface area contributed by atoms with Crippen molar-refractivity contribution < 1.29 is 17.6 Å². The SMILES string of the molecule is CCNC(=NCC(c1ccc(C)o1)N1CCOCC1)N1CCS(=O)(=O)C(C)(C)C1.I. The summed E-state index contributed by atoms with van der Waals surface area (Å²) in [6, 6.07) is 4.03. The second kappa shape index (κ2) is 10.6. The summed E-state index contributed by atoms with van der Waals surface area (Å²) in [5.74, 6) is 2.70. The van der Waals surface area contributed by atoms with Gasteiger partial charge in [0.15, 0.2) is 15.8 Å². The monoisotopic (exact) mass is 554 g/mol. The fourth-order valence-corrected chi connectivity index (χ4v) is 5.20. The predicted molar refractivity (Wildman–Crippen MR) is 129 cm³/mol. The first-order valence-electron chi connectivity index (χ1n) is 10.4. The van der Waals surface area contributed by atoms with E-state index in [4.69, 9.17) is 14.1 Å². The van der Waals surface area contributed by atoms with Crippen LogP contribution in [0.4, 0.5) is 0 Å². The van der Waals surface area contributed by atoms with Crippen molar-refractivity contribution in [1.82, 2.24) is 15.1 Å². The molecule has 0 saturated carbocycles. The number of nitrogens with one attached hydrogen (secondary N) is 1. The number of halogens is 1. The highest BCUT2D eigenvalue weighted by Gasteiger charge is 2.41. The fourth-order valence-electron chi connectivity index (χ4n) is 3.83. The molecule has 2 aliphatic heterocycles. The Balaban J connectivity index is 0.00000320. The normalized spacial score (nSPS) is 22.9. The van der Waals surface area contributed by atoms with Gasteiger partial charge < -0.3 is 19.4 Å². The van der Waals surface area contributed by atoms with Gasteiger partial charge in [-0.25, -0.2) is 8.42 Å². The minimum atomic E-state index is -3.09. The smallest absolute Gasteiger partial charge is 0.194 e. The Hall–Kier alpha value is -0.850. The average molecular weight is 554 g/mol. The zero-order chi connectivity index (χ0) is 21.1. The topological polar surface area (TPSA) is 87.4 Å². The van der Waals surface area contributed by atoms with Gasteiger partial charge in [-0.15, -0.1) is 24.0 Å². The van der Waals surface area contributed by atoms with Crippen LogP contribution < -0.4 is 5.32 Å². The van der Waals surface area contributed by atoms with Crippen molar-refractivity contribution in [1.29, 1.82) is 0 Å². The third kappa shape index (κ3) is 5.89. The molecule has 2 fully saturated rings. The lowest BCUT2D eigenvalue weighted by atomic mass is 10.1. The fraction of sp³-hybridized carbons (Fsp3) is 0.750. The number of ether oxygens (including phenoxy) is 1. The van der Waals surface area contributed by atoms with Crippen LogP contribution in [0.25, 0.3) is 0 Å². The van der Waals surface area contributed by atoms with Crippen molar-refractivity contribution in [2.24, 2.45) is 4.99 Å². The standard InChI is InChI=1S/C20H34N4O4S.HI/c1-5-21-19(24-10-13-29(25,26)20(3,4)15-24)22-14-17(18-7-6-16(2)28-18)23-8-11-27-12-9-23;/h6-7,17H,5,8-15H2,1-4H3,(H,21,22);1H. The highest BCUT2D eigenvalue weighted by atomic mass is 127. The van der Waals surface area contributed by atoms with Crippen LogP contribution in [0.2, 0.25) is 0 Å². The van der Waals surface area contributed by atoms with Gasteiger partial charge >= 0.3 is 0 Å². The van der Waals surface area contributed by atoms with Crippen LogP contribution in [-0.2, 0) is 14.6 Å². The van der Waals surface area contributed by atoms with Crippen LogP contribution in [0.15, 0.2) is 21.5 Å². The van der Waals surface area contributed by atoms with Crippen molar-refractivity contribution in [2.75, 3.05) is 58.2 Å². The molecular formula is C20H35IN4O4S. The first kappa shape index (κ1) is 25.4. The molecule has 1 N–H and O–H groups in total. The van der Waals surface area contributed by atoms with E-state index in [-0.39, 0.29) is 35.8 Å². The number of sulfone groups is 1. The lowest BCUT2D eigenvalue weighted by Crippen LogP contribution is -2.57. The van der Waals surface area contributed by atoms with Crippen molar-refractivity contribution in [3.8, 4) is 0 Å². The summed E-state index contributed by atoms with van der Waals surface area (Å²) >= 11 is 0. The highest BCUT2D eigenvalue weighted by Crippen LogP contribution is 2.26. The van der Waals surface area contributed by atoms with E-state index in [0.29, 0.717) is 32.8 Å². The van der Waals surface area contributed by atoms with E-state index in [1.807, 2.05) is 26.0 Å². The molecule has 172 valence electrons. The van der Waals surface area contributed by atoms with Crippen molar-refractivity contribution in [3.05, 3.63) is 23.7 Å². The quantitative estimate of drug-likeness (QED) is 0.339. The van der Waals surface area contributed by atoms with E-state index in [9.17, 15) is 8.42 Å². The number of hydrogen-bond donors (Lipinski definition) is 1. The number of furan rings is 1. The summed E-state index contributed by atoms with van der Waals surface area (Å²) in [4.78, 5) is 9.32. The molecule has 0 aliphatic carbocycles. The van der Waals surface area contributed by atoms with Gasteiger partial charge in [0.2, 0.25) is 0 Å². The zero-order valence-electron chi connectivity index (χ0n) is 18.4. The third-order valence-electron chi connectivity index (χ3n) is 5.67. The van der Waals surface area contributed by atoms with Crippen molar-refractivity contribution in [3.63, 3.8) is 0 Å². The molecule has 30 heavy (non-hydrogen) atoms. The molecule has 0 spiro atoms. The highest BCUT2D eigenvalue weighted by molar-refractivity contribution is 14.0. The number of aliphatic imine (C=N–C) groups is 1.